The van der Waals surface area contributed by atoms with E-state index in [2.05, 4.69) is 21.3 Å². The molecule has 0 aromatic carbocycles. The van der Waals surface area contributed by atoms with Crippen molar-refractivity contribution >= 4 is 5.91 Å². The van der Waals surface area contributed by atoms with Gasteiger partial charge in [0.15, 0.2) is 0 Å². The summed E-state index contributed by atoms with van der Waals surface area (Å²) in [6.07, 6.45) is 0.569. The Morgan fingerprint density at radius 1 is 0.714 bits per heavy atom. The van der Waals surface area contributed by atoms with E-state index in [-0.39, 0.29) is 5.91 Å². The second-order valence-electron chi connectivity index (χ2n) is 3.35. The fourth-order valence-electron chi connectivity index (χ4n) is 1.31. The summed E-state index contributed by atoms with van der Waals surface area (Å²) in [6.45, 7) is 6.16. The molecule has 1 heterocycles. The molecule has 0 aliphatic carbocycles. The third kappa shape index (κ3) is 5.90. The van der Waals surface area contributed by atoms with Gasteiger partial charge in [-0.25, -0.2) is 0 Å². The van der Waals surface area contributed by atoms with Gasteiger partial charge in [-0.1, -0.05) is 0 Å². The van der Waals surface area contributed by atoms with Crippen LogP contribution >= 0.6 is 0 Å². The quantitative estimate of drug-likeness (QED) is 0.375. The van der Waals surface area contributed by atoms with Gasteiger partial charge in [0.25, 0.3) is 0 Å². The number of rotatable bonds is 0. The minimum absolute atomic E-state index is 0.131. The van der Waals surface area contributed by atoms with Gasteiger partial charge in [0.05, 0.1) is 0 Å². The van der Waals surface area contributed by atoms with Crippen LogP contribution in [0, 0.1) is 0 Å². The fraction of sp³-hybridized carbons (Fsp3) is 0.889. The van der Waals surface area contributed by atoms with Gasteiger partial charge in [0.1, 0.15) is 0 Å². The number of hydrogen-bond donors (Lipinski definition) is 4. The molecule has 4 N–H and O–H groups in total. The first-order valence-electron chi connectivity index (χ1n) is 5.28. The van der Waals surface area contributed by atoms with Crippen molar-refractivity contribution in [3.8, 4) is 0 Å². The Labute approximate surface area is 85.0 Å². The maximum absolute atomic E-state index is 11.2. The summed E-state index contributed by atoms with van der Waals surface area (Å²) in [7, 11) is 0. The van der Waals surface area contributed by atoms with E-state index >= 15 is 0 Å². The number of carbonyl (C=O) groups is 1. The van der Waals surface area contributed by atoms with Crippen LogP contribution in [0.25, 0.3) is 0 Å². The van der Waals surface area contributed by atoms with Crippen LogP contribution in [0.5, 0.6) is 0 Å². The van der Waals surface area contributed by atoms with Gasteiger partial charge < -0.3 is 21.3 Å². The van der Waals surface area contributed by atoms with Gasteiger partial charge in [-0.3, -0.25) is 4.79 Å². The first-order chi connectivity index (χ1) is 6.89. The van der Waals surface area contributed by atoms with Crippen LogP contribution in [0.3, 0.4) is 0 Å². The molecule has 0 atom stereocenters. The minimum Gasteiger partial charge on any atom is -0.355 e. The monoisotopic (exact) mass is 200 g/mol. The van der Waals surface area contributed by atoms with Crippen LogP contribution in [-0.4, -0.2) is 51.7 Å². The molecule has 0 spiro atoms. The lowest BCUT2D eigenvalue weighted by Gasteiger charge is -2.05. The Morgan fingerprint density at radius 2 is 1.21 bits per heavy atom. The first kappa shape index (κ1) is 11.4. The molecule has 1 fully saturated rings. The second-order valence-corrected chi connectivity index (χ2v) is 3.35. The van der Waals surface area contributed by atoms with Crippen molar-refractivity contribution < 1.29 is 4.79 Å². The van der Waals surface area contributed by atoms with Crippen LogP contribution < -0.4 is 21.3 Å². The topological polar surface area (TPSA) is 65.2 Å². The molecule has 1 aliphatic heterocycles. The van der Waals surface area contributed by atoms with Gasteiger partial charge in [-0.05, 0) is 0 Å². The average molecular weight is 200 g/mol. The molecule has 1 saturated heterocycles. The molecule has 1 aliphatic rings. The molecule has 0 saturated carbocycles. The van der Waals surface area contributed by atoms with Gasteiger partial charge in [-0.2, -0.15) is 0 Å². The zero-order valence-electron chi connectivity index (χ0n) is 8.57. The van der Waals surface area contributed by atoms with E-state index in [0.29, 0.717) is 6.42 Å². The second kappa shape index (κ2) is 7.73. The molecule has 0 bridgehead atoms. The summed E-state index contributed by atoms with van der Waals surface area (Å²) in [5.74, 6) is 0.131. The highest BCUT2D eigenvalue weighted by Gasteiger charge is 2.00. The average Bonchev–Trinajstić information content (AvgIpc) is 2.20. The number of amides is 1. The molecule has 0 aromatic heterocycles. The Bertz CT molecular complexity index is 147. The van der Waals surface area contributed by atoms with Crippen LogP contribution in [0.2, 0.25) is 0 Å². The Morgan fingerprint density at radius 3 is 1.86 bits per heavy atom. The summed E-state index contributed by atoms with van der Waals surface area (Å²) < 4.78 is 0. The van der Waals surface area contributed by atoms with E-state index in [9.17, 15) is 4.79 Å². The van der Waals surface area contributed by atoms with Crippen molar-refractivity contribution in [3.63, 3.8) is 0 Å². The molecule has 0 unspecified atom stereocenters. The lowest BCUT2D eigenvalue weighted by Crippen LogP contribution is -2.34. The van der Waals surface area contributed by atoms with Gasteiger partial charge >= 0.3 is 0 Å². The van der Waals surface area contributed by atoms with Gasteiger partial charge in [-0.15, -0.1) is 0 Å². The summed E-state index contributed by atoms with van der Waals surface area (Å²) in [4.78, 5) is 11.2. The van der Waals surface area contributed by atoms with E-state index in [1.54, 1.807) is 0 Å². The molecule has 5 nitrogen and oxygen atoms in total. The molecule has 5 heteroatoms. The van der Waals surface area contributed by atoms with Crippen molar-refractivity contribution in [1.29, 1.82) is 0 Å². The molecule has 14 heavy (non-hydrogen) atoms. The van der Waals surface area contributed by atoms with Crippen LogP contribution in [-0.2, 0) is 4.79 Å². The fourth-order valence-corrected chi connectivity index (χ4v) is 1.31. The highest BCUT2D eigenvalue weighted by molar-refractivity contribution is 5.76. The maximum atomic E-state index is 11.2. The standard InChI is InChI=1S/C9H20N4O/c14-9-1-2-10-3-4-11-5-6-12-7-8-13-9/h10-12H,1-8H2,(H,13,14). The highest BCUT2D eigenvalue weighted by Crippen LogP contribution is 1.77. The molecule has 1 amide bonds. The SMILES string of the molecule is O=C1CCNCCNCCNCCN1. The summed E-state index contributed by atoms with van der Waals surface area (Å²) in [5, 5.41) is 12.6. The number of carbonyl (C=O) groups excluding carboxylic acids is 1. The van der Waals surface area contributed by atoms with Crippen molar-refractivity contribution in [2.45, 2.75) is 6.42 Å². The van der Waals surface area contributed by atoms with Crippen LogP contribution in [0.15, 0.2) is 0 Å². The number of hydrogen-bond acceptors (Lipinski definition) is 4. The van der Waals surface area contributed by atoms with Crippen molar-refractivity contribution in [3.05, 3.63) is 0 Å². The zero-order chi connectivity index (χ0) is 10.1. The lowest BCUT2D eigenvalue weighted by molar-refractivity contribution is -0.120. The molecular formula is C9H20N4O. The van der Waals surface area contributed by atoms with E-state index in [1.807, 2.05) is 0 Å². The van der Waals surface area contributed by atoms with E-state index in [1.165, 1.54) is 0 Å². The van der Waals surface area contributed by atoms with Gasteiger partial charge in [0, 0.05) is 52.2 Å². The van der Waals surface area contributed by atoms with E-state index in [0.717, 1.165) is 45.8 Å². The molecule has 82 valence electrons. The Kier molecular flexibility index (Phi) is 6.30. The van der Waals surface area contributed by atoms with Crippen molar-refractivity contribution in [2.24, 2.45) is 0 Å². The van der Waals surface area contributed by atoms with E-state index in [4.69, 9.17) is 0 Å². The van der Waals surface area contributed by atoms with Crippen molar-refractivity contribution in [1.82, 2.24) is 21.3 Å². The molecule has 1 rings (SSSR count). The van der Waals surface area contributed by atoms with E-state index < -0.39 is 0 Å². The molecule has 0 radical (unpaired) electrons. The molecular weight excluding hydrogens is 180 g/mol. The Balaban J connectivity index is 2.15. The van der Waals surface area contributed by atoms with Crippen LogP contribution in [0.1, 0.15) is 6.42 Å². The summed E-state index contributed by atoms with van der Waals surface area (Å²) >= 11 is 0. The number of nitrogens with one attached hydrogen (secondary N) is 4. The Hall–Kier alpha value is -0.650. The molecule has 0 aromatic rings. The minimum atomic E-state index is 0.131. The predicted molar refractivity (Wildman–Crippen MR) is 56.2 cm³/mol. The van der Waals surface area contributed by atoms with Crippen molar-refractivity contribution in [2.75, 3.05) is 45.8 Å². The maximum Gasteiger partial charge on any atom is 0.221 e. The first-order valence-corrected chi connectivity index (χ1v) is 5.28. The summed E-state index contributed by atoms with van der Waals surface area (Å²) in [5.41, 5.74) is 0. The third-order valence-corrected chi connectivity index (χ3v) is 2.11. The van der Waals surface area contributed by atoms with Crippen LogP contribution in [0.4, 0.5) is 0 Å². The normalized spacial score (nSPS) is 22.7. The highest BCUT2D eigenvalue weighted by atomic mass is 16.1. The smallest absolute Gasteiger partial charge is 0.221 e. The third-order valence-electron chi connectivity index (χ3n) is 2.11. The zero-order valence-corrected chi connectivity index (χ0v) is 8.57. The predicted octanol–water partition coefficient (Wildman–Crippen LogP) is -1.72. The lowest BCUT2D eigenvalue weighted by atomic mass is 10.4. The van der Waals surface area contributed by atoms with Gasteiger partial charge in [0.2, 0.25) is 5.91 Å². The largest absolute Gasteiger partial charge is 0.355 e. The summed E-state index contributed by atoms with van der Waals surface area (Å²) in [6, 6.07) is 0.